The van der Waals surface area contributed by atoms with E-state index in [1.807, 2.05) is 35.9 Å². The van der Waals surface area contributed by atoms with Crippen molar-refractivity contribution >= 4 is 51.2 Å². The number of hydrogen-bond acceptors (Lipinski definition) is 6. The summed E-state index contributed by atoms with van der Waals surface area (Å²) in [6, 6.07) is 14.7. The van der Waals surface area contributed by atoms with Gasteiger partial charge in [0, 0.05) is 23.7 Å². The van der Waals surface area contributed by atoms with Gasteiger partial charge in [-0.25, -0.2) is 4.98 Å². The zero-order chi connectivity index (χ0) is 20.5. The van der Waals surface area contributed by atoms with E-state index in [0.717, 1.165) is 22.1 Å². The molecule has 0 aliphatic heterocycles. The van der Waals surface area contributed by atoms with Crippen LogP contribution in [-0.4, -0.2) is 36.7 Å². The van der Waals surface area contributed by atoms with Crippen LogP contribution in [0.5, 0.6) is 0 Å². The molecule has 0 unspecified atom stereocenters. The molecule has 1 N–H and O–H groups in total. The lowest BCUT2D eigenvalue weighted by molar-refractivity contribution is -0.115. The highest BCUT2D eigenvalue weighted by Gasteiger charge is 2.19. The van der Waals surface area contributed by atoms with Gasteiger partial charge in [-0.3, -0.25) is 9.59 Å². The number of para-hydroxylation sites is 1. The van der Waals surface area contributed by atoms with Gasteiger partial charge >= 0.3 is 0 Å². The van der Waals surface area contributed by atoms with Crippen molar-refractivity contribution in [1.29, 1.82) is 0 Å². The maximum absolute atomic E-state index is 12.5. The normalized spacial score (nSPS) is 12.2. The molecule has 29 heavy (non-hydrogen) atoms. The zero-order valence-corrected chi connectivity index (χ0v) is 17.0. The van der Waals surface area contributed by atoms with Crippen LogP contribution in [0.1, 0.15) is 24.2 Å². The van der Waals surface area contributed by atoms with Gasteiger partial charge in [0.2, 0.25) is 11.1 Å². The van der Waals surface area contributed by atoms with Crippen molar-refractivity contribution in [3.05, 3.63) is 54.1 Å². The highest BCUT2D eigenvalue weighted by atomic mass is 32.2. The minimum Gasteiger partial charge on any atom is -0.327 e. The lowest BCUT2D eigenvalue weighted by Gasteiger charge is -2.11. The molecule has 0 aliphatic carbocycles. The van der Waals surface area contributed by atoms with Gasteiger partial charge in [0.15, 0.2) is 11.4 Å². The molecule has 1 amide bonds. The fourth-order valence-corrected chi connectivity index (χ4v) is 3.80. The van der Waals surface area contributed by atoms with Crippen molar-refractivity contribution in [2.75, 3.05) is 5.32 Å². The standard InChI is InChI=1S/C21H19N5O2S/c1-12(27)14-8-10-15(11-9-14)22-20(28)13(2)29-21-23-19-18(24-25-21)16-6-4-5-7-17(16)26(19)3/h4-11,13H,1-3H3,(H,22,28)/t13-/m1/s1. The van der Waals surface area contributed by atoms with E-state index in [1.54, 1.807) is 31.2 Å². The molecule has 8 heteroatoms. The van der Waals surface area contributed by atoms with Crippen molar-refractivity contribution < 1.29 is 9.59 Å². The Kier molecular flexibility index (Phi) is 5.02. The number of rotatable bonds is 5. The number of aromatic nitrogens is 4. The van der Waals surface area contributed by atoms with Crippen LogP contribution >= 0.6 is 11.8 Å². The molecule has 4 rings (SSSR count). The summed E-state index contributed by atoms with van der Waals surface area (Å²) in [5, 5.41) is 12.4. The van der Waals surface area contributed by atoms with Crippen molar-refractivity contribution in [2.24, 2.45) is 7.05 Å². The number of aryl methyl sites for hydroxylation is 1. The molecule has 2 heterocycles. The highest BCUT2D eigenvalue weighted by Crippen LogP contribution is 2.27. The number of thioether (sulfide) groups is 1. The van der Waals surface area contributed by atoms with Gasteiger partial charge in [0.05, 0.1) is 10.8 Å². The molecule has 0 bridgehead atoms. The molecule has 0 saturated heterocycles. The van der Waals surface area contributed by atoms with Crippen LogP contribution in [0.25, 0.3) is 22.1 Å². The first-order valence-electron chi connectivity index (χ1n) is 9.10. The SMILES string of the molecule is CC(=O)c1ccc(NC(=O)[C@@H](C)Sc2nnc3c4ccccc4n(C)c3n2)cc1. The molecule has 0 saturated carbocycles. The number of Topliss-reactive ketones (excluding diaryl/α,β-unsaturated/α-hetero) is 1. The number of nitrogens with zero attached hydrogens (tertiary/aromatic N) is 4. The fourth-order valence-electron chi connectivity index (χ4n) is 3.09. The van der Waals surface area contributed by atoms with E-state index in [4.69, 9.17) is 0 Å². The van der Waals surface area contributed by atoms with Gasteiger partial charge in [-0.05, 0) is 44.2 Å². The fraction of sp³-hybridized carbons (Fsp3) is 0.190. The molecular formula is C21H19N5O2S. The van der Waals surface area contributed by atoms with Gasteiger partial charge in [0.1, 0.15) is 5.52 Å². The van der Waals surface area contributed by atoms with E-state index in [9.17, 15) is 9.59 Å². The molecule has 0 fully saturated rings. The monoisotopic (exact) mass is 405 g/mol. The molecule has 0 spiro atoms. The molecular weight excluding hydrogens is 386 g/mol. The number of carbonyl (C=O) groups excluding carboxylic acids is 2. The topological polar surface area (TPSA) is 89.8 Å². The summed E-state index contributed by atoms with van der Waals surface area (Å²) in [7, 11) is 1.94. The number of fused-ring (bicyclic) bond motifs is 3. The third-order valence-corrected chi connectivity index (χ3v) is 5.65. The highest BCUT2D eigenvalue weighted by molar-refractivity contribution is 8.00. The third kappa shape index (κ3) is 3.71. The first kappa shape index (κ1) is 19.1. The van der Waals surface area contributed by atoms with Crippen LogP contribution < -0.4 is 5.32 Å². The number of amides is 1. The van der Waals surface area contributed by atoms with Crippen LogP contribution in [0, 0.1) is 0 Å². The Bertz CT molecular complexity index is 1230. The second-order valence-corrected chi connectivity index (χ2v) is 8.03. The predicted octanol–water partition coefficient (Wildman–Crippen LogP) is 3.84. The minimum absolute atomic E-state index is 0.0137. The van der Waals surface area contributed by atoms with Crippen LogP contribution in [0.3, 0.4) is 0 Å². The molecule has 0 aliphatic rings. The summed E-state index contributed by atoms with van der Waals surface area (Å²) in [5.74, 6) is -0.188. The Hall–Kier alpha value is -3.26. The molecule has 7 nitrogen and oxygen atoms in total. The molecule has 4 aromatic rings. The Morgan fingerprint density at radius 1 is 1.07 bits per heavy atom. The molecule has 0 radical (unpaired) electrons. The maximum atomic E-state index is 12.5. The van der Waals surface area contributed by atoms with Gasteiger partial charge in [-0.2, -0.15) is 0 Å². The van der Waals surface area contributed by atoms with Crippen molar-refractivity contribution in [3.8, 4) is 0 Å². The van der Waals surface area contributed by atoms with E-state index in [1.165, 1.54) is 18.7 Å². The zero-order valence-electron chi connectivity index (χ0n) is 16.2. The number of ketones is 1. The van der Waals surface area contributed by atoms with Crippen LogP contribution in [0.4, 0.5) is 5.69 Å². The van der Waals surface area contributed by atoms with Gasteiger partial charge in [-0.1, -0.05) is 30.0 Å². The first-order chi connectivity index (χ1) is 13.9. The molecule has 1 atom stereocenters. The van der Waals surface area contributed by atoms with Gasteiger partial charge in [-0.15, -0.1) is 10.2 Å². The Morgan fingerprint density at radius 2 is 1.79 bits per heavy atom. The summed E-state index contributed by atoms with van der Waals surface area (Å²) in [6.45, 7) is 3.30. The van der Waals surface area contributed by atoms with E-state index in [2.05, 4.69) is 20.5 Å². The lowest BCUT2D eigenvalue weighted by atomic mass is 10.1. The maximum Gasteiger partial charge on any atom is 0.237 e. The summed E-state index contributed by atoms with van der Waals surface area (Å²) in [6.07, 6.45) is 0. The number of benzene rings is 2. The summed E-state index contributed by atoms with van der Waals surface area (Å²) in [4.78, 5) is 28.5. The second-order valence-electron chi connectivity index (χ2n) is 6.73. The first-order valence-corrected chi connectivity index (χ1v) is 9.98. The van der Waals surface area contributed by atoms with Crippen molar-refractivity contribution in [2.45, 2.75) is 24.3 Å². The average Bonchev–Trinajstić information content (AvgIpc) is 3.00. The van der Waals surface area contributed by atoms with Crippen LogP contribution in [-0.2, 0) is 11.8 Å². The summed E-state index contributed by atoms with van der Waals surface area (Å²) < 4.78 is 1.98. The van der Waals surface area contributed by atoms with Gasteiger partial charge in [0.25, 0.3) is 0 Å². The minimum atomic E-state index is -0.420. The number of hydrogen-bond donors (Lipinski definition) is 1. The van der Waals surface area contributed by atoms with Crippen molar-refractivity contribution in [1.82, 2.24) is 19.7 Å². The Morgan fingerprint density at radius 3 is 2.52 bits per heavy atom. The number of anilines is 1. The van der Waals surface area contributed by atoms with Crippen molar-refractivity contribution in [3.63, 3.8) is 0 Å². The number of nitrogens with one attached hydrogen (secondary N) is 1. The average molecular weight is 405 g/mol. The van der Waals surface area contributed by atoms with Crippen LogP contribution in [0.15, 0.2) is 53.7 Å². The Labute approximate surface area is 171 Å². The van der Waals surface area contributed by atoms with E-state index in [-0.39, 0.29) is 11.7 Å². The molecule has 2 aromatic carbocycles. The molecule has 146 valence electrons. The van der Waals surface area contributed by atoms with Gasteiger partial charge < -0.3 is 9.88 Å². The van der Waals surface area contributed by atoms with E-state index >= 15 is 0 Å². The third-order valence-electron chi connectivity index (χ3n) is 4.70. The van der Waals surface area contributed by atoms with E-state index in [0.29, 0.717) is 16.4 Å². The van der Waals surface area contributed by atoms with Crippen LogP contribution in [0.2, 0.25) is 0 Å². The number of carbonyl (C=O) groups is 2. The quantitative estimate of drug-likeness (QED) is 0.401. The second kappa shape index (κ2) is 7.63. The smallest absolute Gasteiger partial charge is 0.237 e. The summed E-state index contributed by atoms with van der Waals surface area (Å²) >= 11 is 1.25. The molecule has 2 aromatic heterocycles. The largest absolute Gasteiger partial charge is 0.327 e. The Balaban J connectivity index is 1.51. The summed E-state index contributed by atoms with van der Waals surface area (Å²) in [5.41, 5.74) is 3.75. The van der Waals surface area contributed by atoms with E-state index < -0.39 is 5.25 Å². The predicted molar refractivity (Wildman–Crippen MR) is 114 cm³/mol. The lowest BCUT2D eigenvalue weighted by Crippen LogP contribution is -2.22.